The average Bonchev–Trinajstić information content (AvgIpc) is 2.54. The van der Waals surface area contributed by atoms with E-state index in [1.165, 1.54) is 16.7 Å². The zero-order valence-electron chi connectivity index (χ0n) is 13.5. The fourth-order valence-electron chi connectivity index (χ4n) is 2.13. The number of nitrogens with zero attached hydrogens (tertiary/aromatic N) is 1. The maximum absolute atomic E-state index is 5.92. The molecule has 2 aromatic carbocycles. The van der Waals surface area contributed by atoms with Crippen molar-refractivity contribution in [1.29, 1.82) is 0 Å². The van der Waals surface area contributed by atoms with E-state index < -0.39 is 0 Å². The molecule has 0 radical (unpaired) electrons. The zero-order chi connectivity index (χ0) is 15.9. The molecule has 0 spiro atoms. The summed E-state index contributed by atoms with van der Waals surface area (Å²) in [5.41, 5.74) is 7.31. The van der Waals surface area contributed by atoms with Crippen molar-refractivity contribution in [3.8, 4) is 11.5 Å². The van der Waals surface area contributed by atoms with Crippen LogP contribution < -0.4 is 14.9 Å². The molecule has 0 amide bonds. The van der Waals surface area contributed by atoms with Crippen molar-refractivity contribution in [2.45, 2.75) is 20.5 Å². The Morgan fingerprint density at radius 2 is 1.91 bits per heavy atom. The van der Waals surface area contributed by atoms with E-state index >= 15 is 0 Å². The number of hydrazone groups is 1. The van der Waals surface area contributed by atoms with Crippen LogP contribution in [0.15, 0.2) is 41.5 Å². The molecule has 0 aliphatic heterocycles. The molecule has 116 valence electrons. The first-order valence-electron chi connectivity index (χ1n) is 7.21. The molecule has 0 aromatic heterocycles. The van der Waals surface area contributed by atoms with Crippen LogP contribution in [0.1, 0.15) is 22.3 Å². The standard InChI is InChI=1S/C18H22N2O2/c1-13-5-6-14(2)16(9-13)12-22-17-8-7-15(11-20-19-3)10-18(17)21-4/h5-11,19H,12H2,1-4H3/b20-11+. The van der Waals surface area contributed by atoms with Crippen molar-refractivity contribution in [1.82, 2.24) is 5.43 Å². The molecule has 2 aromatic rings. The van der Waals surface area contributed by atoms with Gasteiger partial charge in [0.2, 0.25) is 0 Å². The number of rotatable bonds is 6. The second-order valence-electron chi connectivity index (χ2n) is 5.11. The molecule has 0 unspecified atom stereocenters. The molecule has 4 nitrogen and oxygen atoms in total. The van der Waals surface area contributed by atoms with Gasteiger partial charge in [0, 0.05) is 7.05 Å². The van der Waals surface area contributed by atoms with E-state index in [1.807, 2.05) is 18.2 Å². The van der Waals surface area contributed by atoms with E-state index in [0.29, 0.717) is 12.4 Å². The van der Waals surface area contributed by atoms with Crippen LogP contribution in [-0.2, 0) is 6.61 Å². The third kappa shape index (κ3) is 4.01. The molecule has 0 heterocycles. The Hall–Kier alpha value is -2.49. The van der Waals surface area contributed by atoms with E-state index in [-0.39, 0.29) is 0 Å². The summed E-state index contributed by atoms with van der Waals surface area (Å²) in [6.45, 7) is 4.69. The Balaban J connectivity index is 2.15. The number of ether oxygens (including phenoxy) is 2. The van der Waals surface area contributed by atoms with Crippen LogP contribution >= 0.6 is 0 Å². The number of hydrogen-bond acceptors (Lipinski definition) is 4. The molecular weight excluding hydrogens is 276 g/mol. The van der Waals surface area contributed by atoms with Gasteiger partial charge in [-0.3, -0.25) is 0 Å². The van der Waals surface area contributed by atoms with Crippen molar-refractivity contribution in [3.63, 3.8) is 0 Å². The molecule has 0 aliphatic rings. The lowest BCUT2D eigenvalue weighted by molar-refractivity contribution is 0.284. The van der Waals surface area contributed by atoms with Crippen LogP contribution in [-0.4, -0.2) is 20.4 Å². The maximum Gasteiger partial charge on any atom is 0.161 e. The van der Waals surface area contributed by atoms with Gasteiger partial charge in [0.1, 0.15) is 6.61 Å². The molecule has 0 atom stereocenters. The Kier molecular flexibility index (Phi) is 5.42. The molecule has 0 aliphatic carbocycles. The van der Waals surface area contributed by atoms with Gasteiger partial charge in [-0.15, -0.1) is 0 Å². The highest BCUT2D eigenvalue weighted by Crippen LogP contribution is 2.28. The zero-order valence-corrected chi connectivity index (χ0v) is 13.5. The largest absolute Gasteiger partial charge is 0.493 e. The molecule has 0 fully saturated rings. The fraction of sp³-hybridized carbons (Fsp3) is 0.278. The maximum atomic E-state index is 5.92. The molecule has 0 saturated carbocycles. The third-order valence-electron chi connectivity index (χ3n) is 3.42. The summed E-state index contributed by atoms with van der Waals surface area (Å²) in [7, 11) is 3.40. The topological polar surface area (TPSA) is 42.9 Å². The SMILES string of the molecule is CN/N=C/c1ccc(OCc2cc(C)ccc2C)c(OC)c1. The second-order valence-corrected chi connectivity index (χ2v) is 5.11. The van der Waals surface area contributed by atoms with Crippen molar-refractivity contribution in [3.05, 3.63) is 58.7 Å². The lowest BCUT2D eigenvalue weighted by atomic mass is 10.1. The van der Waals surface area contributed by atoms with E-state index in [2.05, 4.69) is 42.6 Å². The van der Waals surface area contributed by atoms with Gasteiger partial charge < -0.3 is 14.9 Å². The second kappa shape index (κ2) is 7.50. The van der Waals surface area contributed by atoms with Gasteiger partial charge in [-0.25, -0.2) is 0 Å². The number of nitrogens with one attached hydrogen (secondary N) is 1. The Bertz CT molecular complexity index is 666. The molecule has 0 saturated heterocycles. The predicted molar refractivity (Wildman–Crippen MR) is 89.9 cm³/mol. The van der Waals surface area contributed by atoms with Crippen LogP contribution in [0.4, 0.5) is 0 Å². The van der Waals surface area contributed by atoms with Crippen molar-refractivity contribution < 1.29 is 9.47 Å². The van der Waals surface area contributed by atoms with Crippen LogP contribution in [0.5, 0.6) is 11.5 Å². The average molecular weight is 298 g/mol. The molecule has 0 bridgehead atoms. The van der Waals surface area contributed by atoms with Crippen LogP contribution in [0.2, 0.25) is 0 Å². The molecule has 4 heteroatoms. The van der Waals surface area contributed by atoms with Gasteiger partial charge in [0.05, 0.1) is 13.3 Å². The quantitative estimate of drug-likeness (QED) is 0.656. The van der Waals surface area contributed by atoms with Gasteiger partial charge >= 0.3 is 0 Å². The van der Waals surface area contributed by atoms with E-state index in [9.17, 15) is 0 Å². The number of hydrogen-bond donors (Lipinski definition) is 1. The first-order chi connectivity index (χ1) is 10.6. The molecule has 22 heavy (non-hydrogen) atoms. The van der Waals surface area contributed by atoms with Crippen LogP contribution in [0, 0.1) is 13.8 Å². The Morgan fingerprint density at radius 3 is 2.64 bits per heavy atom. The van der Waals surface area contributed by atoms with Gasteiger partial charge in [-0.05, 0) is 48.7 Å². The molecule has 1 N–H and O–H groups in total. The highest BCUT2D eigenvalue weighted by atomic mass is 16.5. The predicted octanol–water partition coefficient (Wildman–Crippen LogP) is 3.44. The Labute approximate surface area is 131 Å². The summed E-state index contributed by atoms with van der Waals surface area (Å²) in [6.07, 6.45) is 1.73. The van der Waals surface area contributed by atoms with Crippen molar-refractivity contribution in [2.24, 2.45) is 5.10 Å². The number of aryl methyl sites for hydroxylation is 2. The first kappa shape index (κ1) is 15.9. The highest BCUT2D eigenvalue weighted by molar-refractivity contribution is 5.80. The third-order valence-corrected chi connectivity index (χ3v) is 3.42. The minimum absolute atomic E-state index is 0.522. The molecular formula is C18H22N2O2. The monoisotopic (exact) mass is 298 g/mol. The van der Waals surface area contributed by atoms with E-state index in [1.54, 1.807) is 20.4 Å². The Morgan fingerprint density at radius 1 is 1.09 bits per heavy atom. The van der Waals surface area contributed by atoms with Gasteiger partial charge in [0.15, 0.2) is 11.5 Å². The lowest BCUT2D eigenvalue weighted by Crippen LogP contribution is -2.01. The van der Waals surface area contributed by atoms with Gasteiger partial charge in [-0.1, -0.05) is 23.8 Å². The van der Waals surface area contributed by atoms with E-state index in [0.717, 1.165) is 11.3 Å². The first-order valence-corrected chi connectivity index (χ1v) is 7.21. The van der Waals surface area contributed by atoms with Crippen LogP contribution in [0.3, 0.4) is 0 Å². The minimum atomic E-state index is 0.522. The fourth-order valence-corrected chi connectivity index (χ4v) is 2.13. The van der Waals surface area contributed by atoms with Crippen molar-refractivity contribution in [2.75, 3.05) is 14.2 Å². The van der Waals surface area contributed by atoms with Crippen molar-refractivity contribution >= 4 is 6.21 Å². The normalized spacial score (nSPS) is 10.7. The smallest absolute Gasteiger partial charge is 0.161 e. The lowest BCUT2D eigenvalue weighted by Gasteiger charge is -2.13. The molecule has 2 rings (SSSR count). The van der Waals surface area contributed by atoms with E-state index in [4.69, 9.17) is 9.47 Å². The summed E-state index contributed by atoms with van der Waals surface area (Å²) >= 11 is 0. The highest BCUT2D eigenvalue weighted by Gasteiger charge is 2.07. The minimum Gasteiger partial charge on any atom is -0.493 e. The van der Waals surface area contributed by atoms with Gasteiger partial charge in [-0.2, -0.15) is 5.10 Å². The summed E-state index contributed by atoms with van der Waals surface area (Å²) in [4.78, 5) is 0. The van der Waals surface area contributed by atoms with Crippen LogP contribution in [0.25, 0.3) is 0 Å². The van der Waals surface area contributed by atoms with Gasteiger partial charge in [0.25, 0.3) is 0 Å². The summed E-state index contributed by atoms with van der Waals surface area (Å²) in [5, 5.41) is 3.99. The number of benzene rings is 2. The summed E-state index contributed by atoms with van der Waals surface area (Å²) in [6, 6.07) is 12.1. The summed E-state index contributed by atoms with van der Waals surface area (Å²) < 4.78 is 11.3. The summed E-state index contributed by atoms with van der Waals surface area (Å²) in [5.74, 6) is 1.43. The number of methoxy groups -OCH3 is 1.